The fourth-order valence-electron chi connectivity index (χ4n) is 3.04. The first kappa shape index (κ1) is 15.2. The van der Waals surface area contributed by atoms with Gasteiger partial charge in [0.25, 0.3) is 0 Å². The zero-order valence-electron chi connectivity index (χ0n) is 12.7. The Morgan fingerprint density at radius 1 is 1.04 bits per heavy atom. The van der Waals surface area contributed by atoms with E-state index in [2.05, 4.69) is 0 Å². The van der Waals surface area contributed by atoms with Crippen LogP contribution in [0.25, 0.3) is 6.08 Å². The van der Waals surface area contributed by atoms with Gasteiger partial charge < -0.3 is 5.11 Å². The Kier molecular flexibility index (Phi) is 4.38. The van der Waals surface area contributed by atoms with Gasteiger partial charge in [-0.25, -0.2) is 4.79 Å². The van der Waals surface area contributed by atoms with Crippen LogP contribution in [0.5, 0.6) is 0 Å². The monoisotopic (exact) mass is 306 g/mol. The SMILES string of the molecule is O=C(O)c1ccc(/C=C2\CCC[C@@H](c3ccccc3)C2=O)cc1. The first-order chi connectivity index (χ1) is 11.1. The Labute approximate surface area is 135 Å². The van der Waals surface area contributed by atoms with Gasteiger partial charge in [0, 0.05) is 5.92 Å². The molecule has 0 radical (unpaired) electrons. The topological polar surface area (TPSA) is 54.4 Å². The number of ketones is 1. The van der Waals surface area contributed by atoms with Gasteiger partial charge in [0.1, 0.15) is 0 Å². The van der Waals surface area contributed by atoms with E-state index >= 15 is 0 Å². The predicted octanol–water partition coefficient (Wildman–Crippen LogP) is 4.31. The standard InChI is InChI=1S/C20H18O3/c21-19-17(13-14-9-11-16(12-10-14)20(22)23)7-4-8-18(19)15-5-2-1-3-6-15/h1-3,5-6,9-13,18H,4,7-8H2,(H,22,23)/b17-13+/t18-/m0/s1. The summed E-state index contributed by atoms with van der Waals surface area (Å²) in [5.74, 6) is -0.818. The summed E-state index contributed by atoms with van der Waals surface area (Å²) in [7, 11) is 0. The van der Waals surface area contributed by atoms with E-state index in [0.717, 1.165) is 36.0 Å². The normalized spacial score (nSPS) is 19.7. The van der Waals surface area contributed by atoms with Gasteiger partial charge in [0.2, 0.25) is 0 Å². The first-order valence-electron chi connectivity index (χ1n) is 7.78. The van der Waals surface area contributed by atoms with E-state index in [9.17, 15) is 9.59 Å². The second-order valence-corrected chi connectivity index (χ2v) is 5.82. The van der Waals surface area contributed by atoms with Crippen LogP contribution in [-0.4, -0.2) is 16.9 Å². The van der Waals surface area contributed by atoms with E-state index in [1.54, 1.807) is 24.3 Å². The smallest absolute Gasteiger partial charge is 0.335 e. The summed E-state index contributed by atoms with van der Waals surface area (Å²) in [6.07, 6.45) is 4.55. The molecule has 1 N–H and O–H groups in total. The summed E-state index contributed by atoms with van der Waals surface area (Å²) in [5, 5.41) is 8.93. The van der Waals surface area contributed by atoms with Crippen molar-refractivity contribution in [1.29, 1.82) is 0 Å². The predicted molar refractivity (Wildman–Crippen MR) is 89.4 cm³/mol. The van der Waals surface area contributed by atoms with Crippen molar-refractivity contribution in [3.05, 3.63) is 76.9 Å². The second kappa shape index (κ2) is 6.61. The molecule has 0 unspecified atom stereocenters. The Morgan fingerprint density at radius 3 is 2.39 bits per heavy atom. The van der Waals surface area contributed by atoms with E-state index in [1.165, 1.54) is 0 Å². The molecular weight excluding hydrogens is 288 g/mol. The summed E-state index contributed by atoms with van der Waals surface area (Å²) in [4.78, 5) is 23.6. The van der Waals surface area contributed by atoms with Crippen molar-refractivity contribution < 1.29 is 14.7 Å². The molecule has 23 heavy (non-hydrogen) atoms. The van der Waals surface area contributed by atoms with Crippen LogP contribution in [0.1, 0.15) is 46.7 Å². The van der Waals surface area contributed by atoms with E-state index < -0.39 is 5.97 Å². The summed E-state index contributed by atoms with van der Waals surface area (Å²) in [6.45, 7) is 0. The molecular formula is C20H18O3. The number of carboxylic acid groups (broad SMARTS) is 1. The highest BCUT2D eigenvalue weighted by molar-refractivity contribution is 6.04. The number of hydrogen-bond acceptors (Lipinski definition) is 2. The molecule has 0 saturated heterocycles. The van der Waals surface area contributed by atoms with Gasteiger partial charge in [-0.2, -0.15) is 0 Å². The number of rotatable bonds is 3. The average molecular weight is 306 g/mol. The molecule has 0 aromatic heterocycles. The third-order valence-electron chi connectivity index (χ3n) is 4.27. The van der Waals surface area contributed by atoms with Crippen LogP contribution in [0, 0.1) is 0 Å². The number of carbonyl (C=O) groups is 2. The highest BCUT2D eigenvalue weighted by Crippen LogP contribution is 2.33. The molecule has 1 aliphatic rings. The number of aromatic carboxylic acids is 1. The van der Waals surface area contributed by atoms with E-state index in [1.807, 2.05) is 36.4 Å². The van der Waals surface area contributed by atoms with Crippen molar-refractivity contribution in [2.75, 3.05) is 0 Å². The van der Waals surface area contributed by atoms with Gasteiger partial charge in [0.15, 0.2) is 5.78 Å². The lowest BCUT2D eigenvalue weighted by molar-refractivity contribution is -0.117. The molecule has 1 atom stereocenters. The van der Waals surface area contributed by atoms with Gasteiger partial charge >= 0.3 is 5.97 Å². The Morgan fingerprint density at radius 2 is 1.74 bits per heavy atom. The van der Waals surface area contributed by atoms with Crippen molar-refractivity contribution >= 4 is 17.8 Å². The highest BCUT2D eigenvalue weighted by atomic mass is 16.4. The molecule has 2 aromatic carbocycles. The lowest BCUT2D eigenvalue weighted by Gasteiger charge is -2.23. The van der Waals surface area contributed by atoms with E-state index in [0.29, 0.717) is 0 Å². The second-order valence-electron chi connectivity index (χ2n) is 5.82. The molecule has 0 spiro atoms. The van der Waals surface area contributed by atoms with Crippen molar-refractivity contribution in [2.24, 2.45) is 0 Å². The van der Waals surface area contributed by atoms with Crippen molar-refractivity contribution in [1.82, 2.24) is 0 Å². The van der Waals surface area contributed by atoms with E-state index in [-0.39, 0.29) is 17.3 Å². The van der Waals surface area contributed by atoms with Crippen LogP contribution >= 0.6 is 0 Å². The molecule has 3 nitrogen and oxygen atoms in total. The van der Waals surface area contributed by atoms with Crippen molar-refractivity contribution in [3.63, 3.8) is 0 Å². The van der Waals surface area contributed by atoms with Crippen LogP contribution in [0.3, 0.4) is 0 Å². The quantitative estimate of drug-likeness (QED) is 0.860. The fraction of sp³-hybridized carbons (Fsp3) is 0.200. The summed E-state index contributed by atoms with van der Waals surface area (Å²) < 4.78 is 0. The minimum atomic E-state index is -0.943. The average Bonchev–Trinajstić information content (AvgIpc) is 2.58. The Bertz CT molecular complexity index is 742. The molecule has 1 saturated carbocycles. The maximum atomic E-state index is 12.7. The van der Waals surface area contributed by atoms with E-state index in [4.69, 9.17) is 5.11 Å². The minimum absolute atomic E-state index is 0.0607. The first-order valence-corrected chi connectivity index (χ1v) is 7.78. The number of allylic oxidation sites excluding steroid dienone is 1. The number of benzene rings is 2. The summed E-state index contributed by atoms with van der Waals surface area (Å²) >= 11 is 0. The van der Waals surface area contributed by atoms with Gasteiger partial charge in [-0.05, 0) is 54.2 Å². The van der Waals surface area contributed by atoms with Crippen molar-refractivity contribution in [3.8, 4) is 0 Å². The van der Waals surface area contributed by atoms with Crippen molar-refractivity contribution in [2.45, 2.75) is 25.2 Å². The maximum absolute atomic E-state index is 12.7. The zero-order chi connectivity index (χ0) is 16.2. The van der Waals surface area contributed by atoms with Crippen LogP contribution < -0.4 is 0 Å². The lowest BCUT2D eigenvalue weighted by atomic mass is 9.79. The minimum Gasteiger partial charge on any atom is -0.478 e. The Balaban J connectivity index is 1.84. The Hall–Kier alpha value is -2.68. The number of carbonyl (C=O) groups excluding carboxylic acids is 1. The molecule has 0 amide bonds. The lowest BCUT2D eigenvalue weighted by Crippen LogP contribution is -2.19. The molecule has 2 aromatic rings. The largest absolute Gasteiger partial charge is 0.478 e. The van der Waals surface area contributed by atoms with Gasteiger partial charge in [-0.3, -0.25) is 4.79 Å². The third kappa shape index (κ3) is 3.39. The van der Waals surface area contributed by atoms with Crippen LogP contribution in [0.2, 0.25) is 0 Å². The third-order valence-corrected chi connectivity index (χ3v) is 4.27. The molecule has 0 aliphatic heterocycles. The van der Waals surface area contributed by atoms with Gasteiger partial charge in [-0.15, -0.1) is 0 Å². The summed E-state index contributed by atoms with van der Waals surface area (Å²) in [6, 6.07) is 16.5. The molecule has 3 heteroatoms. The molecule has 3 rings (SSSR count). The fourth-order valence-corrected chi connectivity index (χ4v) is 3.04. The zero-order valence-corrected chi connectivity index (χ0v) is 12.7. The molecule has 0 heterocycles. The molecule has 1 aliphatic carbocycles. The van der Waals surface area contributed by atoms with Crippen LogP contribution in [-0.2, 0) is 4.79 Å². The number of carboxylic acids is 1. The number of hydrogen-bond donors (Lipinski definition) is 1. The van der Waals surface area contributed by atoms with Crippen LogP contribution in [0.15, 0.2) is 60.2 Å². The summed E-state index contributed by atoms with van der Waals surface area (Å²) in [5.41, 5.74) is 3.02. The number of Topliss-reactive ketones (excluding diaryl/α,β-unsaturated/α-hetero) is 1. The van der Waals surface area contributed by atoms with Gasteiger partial charge in [-0.1, -0.05) is 42.5 Å². The maximum Gasteiger partial charge on any atom is 0.335 e. The highest BCUT2D eigenvalue weighted by Gasteiger charge is 2.27. The molecule has 0 bridgehead atoms. The molecule has 1 fully saturated rings. The van der Waals surface area contributed by atoms with Crippen LogP contribution in [0.4, 0.5) is 0 Å². The van der Waals surface area contributed by atoms with Gasteiger partial charge in [0.05, 0.1) is 5.56 Å². The molecule has 116 valence electrons.